The van der Waals surface area contributed by atoms with Crippen molar-refractivity contribution in [1.29, 1.82) is 0 Å². The number of allylic oxidation sites excluding steroid dienone is 2. The van der Waals surface area contributed by atoms with Gasteiger partial charge in [-0.2, -0.15) is 0 Å². The summed E-state index contributed by atoms with van der Waals surface area (Å²) in [6, 6.07) is 15.6. The molecule has 0 spiro atoms. The molecule has 0 nitrogen and oxygen atoms in total. The van der Waals surface area contributed by atoms with E-state index < -0.39 is 0 Å². The van der Waals surface area contributed by atoms with E-state index in [0.29, 0.717) is 0 Å². The van der Waals surface area contributed by atoms with E-state index in [1.807, 2.05) is 0 Å². The van der Waals surface area contributed by atoms with Gasteiger partial charge in [-0.15, -0.1) is 0 Å². The van der Waals surface area contributed by atoms with Crippen LogP contribution in [0.5, 0.6) is 0 Å². The minimum atomic E-state index is 1.08. The van der Waals surface area contributed by atoms with Gasteiger partial charge in [-0.3, -0.25) is 0 Å². The van der Waals surface area contributed by atoms with Crippen molar-refractivity contribution < 1.29 is 0 Å². The number of benzene rings is 3. The van der Waals surface area contributed by atoms with Gasteiger partial charge in [-0.1, -0.05) is 48.5 Å². The van der Waals surface area contributed by atoms with Crippen LogP contribution < -0.4 is 0 Å². The summed E-state index contributed by atoms with van der Waals surface area (Å²) in [5, 5.41) is 5.58. The predicted molar refractivity (Wildman–Crippen MR) is 83.5 cm³/mol. The van der Waals surface area contributed by atoms with Crippen molar-refractivity contribution in [3.63, 3.8) is 0 Å². The van der Waals surface area contributed by atoms with E-state index in [2.05, 4.69) is 62.4 Å². The van der Waals surface area contributed by atoms with E-state index in [1.54, 1.807) is 0 Å². The molecule has 0 saturated carbocycles. The van der Waals surface area contributed by atoms with Crippen LogP contribution in [0.15, 0.2) is 48.5 Å². The fourth-order valence-electron chi connectivity index (χ4n) is 3.41. The Kier molecular flexibility index (Phi) is 2.11. The molecule has 4 rings (SSSR count). The molecule has 0 unspecified atom stereocenters. The first-order valence-corrected chi connectivity index (χ1v) is 6.87. The van der Waals surface area contributed by atoms with Gasteiger partial charge in [0.15, 0.2) is 0 Å². The molecule has 19 heavy (non-hydrogen) atoms. The summed E-state index contributed by atoms with van der Waals surface area (Å²) in [5.41, 5.74) is 5.76. The zero-order valence-corrected chi connectivity index (χ0v) is 11.3. The average molecular weight is 244 g/mol. The second-order valence-electron chi connectivity index (χ2n) is 5.52. The van der Waals surface area contributed by atoms with Crippen LogP contribution in [-0.4, -0.2) is 0 Å². The van der Waals surface area contributed by atoms with E-state index in [1.165, 1.54) is 43.8 Å². The topological polar surface area (TPSA) is 0 Å². The molecule has 1 aliphatic carbocycles. The monoisotopic (exact) mass is 244 g/mol. The van der Waals surface area contributed by atoms with Gasteiger partial charge in [0, 0.05) is 0 Å². The highest BCUT2D eigenvalue weighted by molar-refractivity contribution is 6.11. The van der Waals surface area contributed by atoms with Gasteiger partial charge in [0.25, 0.3) is 0 Å². The Bertz CT molecular complexity index is 851. The Hall–Kier alpha value is -2.08. The highest BCUT2D eigenvalue weighted by Gasteiger charge is 2.16. The third-order valence-corrected chi connectivity index (χ3v) is 4.37. The predicted octanol–water partition coefficient (Wildman–Crippen LogP) is 5.26. The van der Waals surface area contributed by atoms with Crippen LogP contribution in [0.4, 0.5) is 0 Å². The molecule has 1 aliphatic rings. The lowest BCUT2D eigenvalue weighted by Crippen LogP contribution is -1.91. The molecule has 92 valence electrons. The maximum Gasteiger partial charge on any atom is -0.00728 e. The first kappa shape index (κ1) is 10.8. The Morgan fingerprint density at radius 2 is 1.74 bits per heavy atom. The van der Waals surface area contributed by atoms with E-state index >= 15 is 0 Å². The van der Waals surface area contributed by atoms with Gasteiger partial charge < -0.3 is 0 Å². The normalized spacial score (nSPS) is 13.9. The summed E-state index contributed by atoms with van der Waals surface area (Å²) < 4.78 is 0. The molecule has 3 aromatic rings. The number of rotatable bonds is 0. The second kappa shape index (κ2) is 3.71. The van der Waals surface area contributed by atoms with Crippen LogP contribution in [0, 0.1) is 6.92 Å². The van der Waals surface area contributed by atoms with Gasteiger partial charge in [-0.05, 0) is 64.1 Å². The molecular formula is C19H16. The molecule has 0 fully saturated rings. The van der Waals surface area contributed by atoms with Crippen molar-refractivity contribution in [3.05, 3.63) is 65.2 Å². The fraction of sp³-hybridized carbons (Fsp3) is 0.158. The molecule has 3 aromatic carbocycles. The maximum absolute atomic E-state index is 2.36. The zero-order chi connectivity index (χ0) is 13.0. The standard InChI is InChI=1S/C19H16/c1-12-7-9-16-17-10-8-14-5-3-4-6-15(14)19(17)13(2)11-18(12)16/h3-8,10-11H,9H2,1-2H3. The summed E-state index contributed by atoms with van der Waals surface area (Å²) in [6.07, 6.45) is 3.43. The van der Waals surface area contributed by atoms with Crippen LogP contribution >= 0.6 is 0 Å². The van der Waals surface area contributed by atoms with E-state index in [0.717, 1.165) is 6.42 Å². The maximum atomic E-state index is 2.36. The number of aryl methyl sites for hydroxylation is 1. The van der Waals surface area contributed by atoms with Crippen LogP contribution in [0.1, 0.15) is 23.6 Å². The molecule has 0 amide bonds. The molecule has 0 bridgehead atoms. The van der Waals surface area contributed by atoms with Crippen molar-refractivity contribution in [2.75, 3.05) is 0 Å². The number of fused-ring (bicyclic) bond motifs is 5. The summed E-state index contributed by atoms with van der Waals surface area (Å²) in [6.45, 7) is 4.46. The third-order valence-electron chi connectivity index (χ3n) is 4.37. The Morgan fingerprint density at radius 1 is 0.895 bits per heavy atom. The van der Waals surface area contributed by atoms with Gasteiger partial charge in [0.2, 0.25) is 0 Å². The van der Waals surface area contributed by atoms with Crippen molar-refractivity contribution >= 4 is 27.1 Å². The second-order valence-corrected chi connectivity index (χ2v) is 5.52. The SMILES string of the molecule is CC1=CCc2c1cc(C)c1c2ccc2ccccc21. The first-order chi connectivity index (χ1) is 9.25. The smallest absolute Gasteiger partial charge is 0.00728 e. The minimum absolute atomic E-state index is 1.08. The largest absolute Gasteiger partial charge is 0.0765 e. The van der Waals surface area contributed by atoms with Crippen LogP contribution in [-0.2, 0) is 6.42 Å². The third kappa shape index (κ3) is 1.40. The van der Waals surface area contributed by atoms with Crippen molar-refractivity contribution in [3.8, 4) is 0 Å². The zero-order valence-electron chi connectivity index (χ0n) is 11.3. The summed E-state index contributed by atoms with van der Waals surface area (Å²) in [7, 11) is 0. The van der Waals surface area contributed by atoms with Gasteiger partial charge >= 0.3 is 0 Å². The van der Waals surface area contributed by atoms with Crippen molar-refractivity contribution in [2.45, 2.75) is 20.3 Å². The summed E-state index contributed by atoms with van der Waals surface area (Å²) in [4.78, 5) is 0. The fourth-order valence-corrected chi connectivity index (χ4v) is 3.41. The number of hydrogen-bond donors (Lipinski definition) is 0. The average Bonchev–Trinajstić information content (AvgIpc) is 2.80. The first-order valence-electron chi connectivity index (χ1n) is 6.87. The molecule has 0 aliphatic heterocycles. The molecule has 0 saturated heterocycles. The molecular weight excluding hydrogens is 228 g/mol. The molecule has 0 heterocycles. The Labute approximate surface area is 113 Å². The molecule has 0 aromatic heterocycles. The summed E-state index contributed by atoms with van der Waals surface area (Å²) in [5.74, 6) is 0. The molecule has 0 heteroatoms. The lowest BCUT2D eigenvalue weighted by atomic mass is 9.91. The Morgan fingerprint density at radius 3 is 2.63 bits per heavy atom. The van der Waals surface area contributed by atoms with E-state index in [4.69, 9.17) is 0 Å². The quantitative estimate of drug-likeness (QED) is 0.473. The van der Waals surface area contributed by atoms with Crippen LogP contribution in [0.25, 0.3) is 27.1 Å². The Balaban J connectivity index is 2.24. The van der Waals surface area contributed by atoms with Gasteiger partial charge in [0.05, 0.1) is 0 Å². The highest BCUT2D eigenvalue weighted by atomic mass is 14.2. The lowest BCUT2D eigenvalue weighted by Gasteiger charge is -2.13. The van der Waals surface area contributed by atoms with Crippen LogP contribution in [0.3, 0.4) is 0 Å². The van der Waals surface area contributed by atoms with Crippen molar-refractivity contribution in [2.24, 2.45) is 0 Å². The van der Waals surface area contributed by atoms with Crippen molar-refractivity contribution in [1.82, 2.24) is 0 Å². The van der Waals surface area contributed by atoms with Gasteiger partial charge in [0.1, 0.15) is 0 Å². The molecule has 0 N–H and O–H groups in total. The highest BCUT2D eigenvalue weighted by Crippen LogP contribution is 2.37. The lowest BCUT2D eigenvalue weighted by molar-refractivity contribution is 1.34. The molecule has 0 atom stereocenters. The summed E-state index contributed by atoms with van der Waals surface area (Å²) >= 11 is 0. The van der Waals surface area contributed by atoms with E-state index in [-0.39, 0.29) is 0 Å². The van der Waals surface area contributed by atoms with Crippen LogP contribution in [0.2, 0.25) is 0 Å². The minimum Gasteiger partial charge on any atom is -0.0765 e. The number of hydrogen-bond acceptors (Lipinski definition) is 0. The van der Waals surface area contributed by atoms with Gasteiger partial charge in [-0.25, -0.2) is 0 Å². The van der Waals surface area contributed by atoms with E-state index in [9.17, 15) is 0 Å². The molecule has 0 radical (unpaired) electrons.